The average molecular weight is 304 g/mol. The summed E-state index contributed by atoms with van der Waals surface area (Å²) in [6, 6.07) is 2.44. The largest absolute Gasteiger partial charge is 0.421 e. The van der Waals surface area contributed by atoms with Crippen molar-refractivity contribution in [2.45, 2.75) is 25.3 Å². The third-order valence-electron chi connectivity index (χ3n) is 2.70. The van der Waals surface area contributed by atoms with Crippen LogP contribution in [0.25, 0.3) is 11.5 Å². The predicted octanol–water partition coefficient (Wildman–Crippen LogP) is 3.40. The van der Waals surface area contributed by atoms with Crippen molar-refractivity contribution in [2.24, 2.45) is 0 Å². The maximum atomic E-state index is 6.04. The molecule has 0 saturated heterocycles. The van der Waals surface area contributed by atoms with Gasteiger partial charge in [-0.3, -0.25) is 0 Å². The van der Waals surface area contributed by atoms with Crippen molar-refractivity contribution in [1.82, 2.24) is 15.5 Å². The van der Waals surface area contributed by atoms with Gasteiger partial charge < -0.3 is 9.73 Å². The molecular formula is C11H11Cl2N3OS. The van der Waals surface area contributed by atoms with Gasteiger partial charge in [0.25, 0.3) is 0 Å². The van der Waals surface area contributed by atoms with Gasteiger partial charge in [-0.05, 0) is 18.9 Å². The van der Waals surface area contributed by atoms with E-state index in [4.69, 9.17) is 27.6 Å². The van der Waals surface area contributed by atoms with E-state index < -0.39 is 0 Å². The van der Waals surface area contributed by atoms with Gasteiger partial charge in [0, 0.05) is 19.0 Å². The molecule has 0 atom stereocenters. The molecular weight excluding hydrogens is 293 g/mol. The lowest BCUT2D eigenvalue weighted by molar-refractivity contribution is 0.494. The molecule has 0 radical (unpaired) electrons. The summed E-state index contributed by atoms with van der Waals surface area (Å²) in [5, 5.41) is 11.4. The Morgan fingerprint density at radius 1 is 1.39 bits per heavy atom. The lowest BCUT2D eigenvalue weighted by Crippen LogP contribution is -2.19. The van der Waals surface area contributed by atoms with E-state index in [0.717, 1.165) is 13.0 Å². The van der Waals surface area contributed by atoms with E-state index in [1.807, 2.05) is 0 Å². The molecule has 0 unspecified atom stereocenters. The second kappa shape index (κ2) is 5.17. The van der Waals surface area contributed by atoms with Crippen LogP contribution in [0.15, 0.2) is 10.5 Å². The minimum atomic E-state index is 0.435. The molecule has 96 valence electrons. The summed E-state index contributed by atoms with van der Waals surface area (Å²) in [4.78, 5) is 0. The van der Waals surface area contributed by atoms with E-state index in [2.05, 4.69) is 15.5 Å². The van der Waals surface area contributed by atoms with Crippen LogP contribution in [0.1, 0.15) is 18.7 Å². The van der Waals surface area contributed by atoms with Crippen LogP contribution >= 0.6 is 34.5 Å². The quantitative estimate of drug-likeness (QED) is 0.920. The summed E-state index contributed by atoms with van der Waals surface area (Å²) in [7, 11) is 0. The molecule has 0 aromatic carbocycles. The molecule has 0 aliphatic heterocycles. The van der Waals surface area contributed by atoms with Gasteiger partial charge in [0.15, 0.2) is 0 Å². The molecule has 3 rings (SSSR count). The van der Waals surface area contributed by atoms with Crippen LogP contribution in [-0.2, 0) is 6.42 Å². The lowest BCUT2D eigenvalue weighted by atomic mass is 10.3. The first-order valence-electron chi connectivity index (χ1n) is 5.73. The molecule has 1 aliphatic rings. The SMILES string of the molecule is Clc1cc(-c2nnc(CCNC3CC3)o2)c(Cl)s1. The molecule has 4 nitrogen and oxygen atoms in total. The van der Waals surface area contributed by atoms with E-state index in [9.17, 15) is 0 Å². The zero-order chi connectivity index (χ0) is 12.5. The molecule has 2 aromatic rings. The van der Waals surface area contributed by atoms with Gasteiger partial charge in [0.05, 0.1) is 9.90 Å². The zero-order valence-corrected chi connectivity index (χ0v) is 11.8. The van der Waals surface area contributed by atoms with E-state index >= 15 is 0 Å². The average Bonchev–Trinajstić information content (AvgIpc) is 2.92. The van der Waals surface area contributed by atoms with Gasteiger partial charge in [0.2, 0.25) is 11.8 Å². The summed E-state index contributed by atoms with van der Waals surface area (Å²) in [6.07, 6.45) is 3.29. The van der Waals surface area contributed by atoms with E-state index in [-0.39, 0.29) is 0 Å². The summed E-state index contributed by atoms with van der Waals surface area (Å²) in [5.41, 5.74) is 0.709. The molecule has 0 spiro atoms. The van der Waals surface area contributed by atoms with Crippen molar-refractivity contribution in [3.8, 4) is 11.5 Å². The molecule has 0 bridgehead atoms. The fraction of sp³-hybridized carbons (Fsp3) is 0.455. The van der Waals surface area contributed by atoms with Crippen molar-refractivity contribution in [3.63, 3.8) is 0 Å². The third-order valence-corrected chi connectivity index (χ3v) is 4.19. The Labute approximate surface area is 118 Å². The van der Waals surface area contributed by atoms with Crippen LogP contribution in [0, 0.1) is 0 Å². The number of thiophene rings is 1. The Balaban J connectivity index is 1.66. The van der Waals surface area contributed by atoms with Crippen LogP contribution in [0.2, 0.25) is 8.67 Å². The molecule has 1 aliphatic carbocycles. The van der Waals surface area contributed by atoms with Gasteiger partial charge in [-0.1, -0.05) is 23.2 Å². The van der Waals surface area contributed by atoms with E-state index in [0.29, 0.717) is 32.1 Å². The van der Waals surface area contributed by atoms with Gasteiger partial charge in [-0.2, -0.15) is 0 Å². The normalized spacial score (nSPS) is 15.2. The maximum absolute atomic E-state index is 6.04. The molecule has 18 heavy (non-hydrogen) atoms. The molecule has 0 amide bonds. The predicted molar refractivity (Wildman–Crippen MR) is 72.4 cm³/mol. The smallest absolute Gasteiger partial charge is 0.250 e. The van der Waals surface area contributed by atoms with Crippen LogP contribution in [-0.4, -0.2) is 22.8 Å². The van der Waals surface area contributed by atoms with E-state index in [1.165, 1.54) is 24.2 Å². The first-order chi connectivity index (χ1) is 8.72. The highest BCUT2D eigenvalue weighted by molar-refractivity contribution is 7.20. The zero-order valence-electron chi connectivity index (χ0n) is 9.45. The Morgan fingerprint density at radius 3 is 2.89 bits per heavy atom. The Bertz CT molecular complexity index is 550. The van der Waals surface area contributed by atoms with E-state index in [1.54, 1.807) is 6.07 Å². The summed E-state index contributed by atoms with van der Waals surface area (Å²) >= 11 is 13.2. The van der Waals surface area contributed by atoms with Gasteiger partial charge in [0.1, 0.15) is 4.34 Å². The number of aromatic nitrogens is 2. The van der Waals surface area contributed by atoms with Crippen LogP contribution in [0.4, 0.5) is 0 Å². The van der Waals surface area contributed by atoms with Gasteiger partial charge >= 0.3 is 0 Å². The van der Waals surface area contributed by atoms with Crippen LogP contribution in [0.5, 0.6) is 0 Å². The second-order valence-corrected chi connectivity index (χ2v) is 6.50. The molecule has 1 fully saturated rings. The number of hydrogen-bond acceptors (Lipinski definition) is 5. The monoisotopic (exact) mass is 303 g/mol. The van der Waals surface area contributed by atoms with Crippen molar-refractivity contribution in [3.05, 3.63) is 20.6 Å². The molecule has 2 heterocycles. The highest BCUT2D eigenvalue weighted by Crippen LogP contribution is 2.37. The molecule has 1 saturated carbocycles. The summed E-state index contributed by atoms with van der Waals surface area (Å²) in [5.74, 6) is 1.06. The standard InChI is InChI=1S/C11H11Cl2N3OS/c12-8-5-7(10(13)18-8)11-16-15-9(17-11)3-4-14-6-1-2-6/h5-6,14H,1-4H2. The number of nitrogens with zero attached hydrogens (tertiary/aromatic N) is 2. The number of rotatable bonds is 5. The third kappa shape index (κ3) is 2.85. The summed E-state index contributed by atoms with van der Waals surface area (Å²) < 4.78 is 6.76. The highest BCUT2D eigenvalue weighted by Gasteiger charge is 2.20. The van der Waals surface area contributed by atoms with Crippen molar-refractivity contribution >= 4 is 34.5 Å². The fourth-order valence-corrected chi connectivity index (χ4v) is 3.07. The lowest BCUT2D eigenvalue weighted by Gasteiger charge is -1.97. The van der Waals surface area contributed by atoms with Crippen molar-refractivity contribution in [1.29, 1.82) is 0 Å². The Kier molecular flexibility index (Phi) is 3.56. The fourth-order valence-electron chi connectivity index (χ4n) is 1.62. The number of nitrogens with one attached hydrogen (secondary N) is 1. The molecule has 2 aromatic heterocycles. The first-order valence-corrected chi connectivity index (χ1v) is 7.30. The number of halogens is 2. The van der Waals surface area contributed by atoms with Crippen LogP contribution in [0.3, 0.4) is 0 Å². The minimum Gasteiger partial charge on any atom is -0.421 e. The van der Waals surface area contributed by atoms with Gasteiger partial charge in [-0.15, -0.1) is 21.5 Å². The topological polar surface area (TPSA) is 51.0 Å². The van der Waals surface area contributed by atoms with Gasteiger partial charge in [-0.25, -0.2) is 0 Å². The molecule has 7 heteroatoms. The Morgan fingerprint density at radius 2 is 2.22 bits per heavy atom. The van der Waals surface area contributed by atoms with Crippen molar-refractivity contribution in [2.75, 3.05) is 6.54 Å². The summed E-state index contributed by atoms with van der Waals surface area (Å²) in [6.45, 7) is 0.866. The second-order valence-electron chi connectivity index (χ2n) is 4.22. The van der Waals surface area contributed by atoms with Crippen LogP contribution < -0.4 is 5.32 Å². The first kappa shape index (κ1) is 12.4. The minimum absolute atomic E-state index is 0.435. The molecule has 1 N–H and O–H groups in total. The number of hydrogen-bond donors (Lipinski definition) is 1. The Hall–Kier alpha value is -0.620. The highest BCUT2D eigenvalue weighted by atomic mass is 35.5. The maximum Gasteiger partial charge on any atom is 0.250 e. The van der Waals surface area contributed by atoms with Crippen molar-refractivity contribution < 1.29 is 4.42 Å².